The van der Waals surface area contributed by atoms with Crippen molar-refractivity contribution in [3.8, 4) is 5.75 Å². The second-order valence-corrected chi connectivity index (χ2v) is 7.64. The molecule has 3 aliphatic rings. The molecule has 2 bridgehead atoms. The van der Waals surface area contributed by atoms with Crippen molar-refractivity contribution in [3.63, 3.8) is 0 Å². The first-order valence-electron chi connectivity index (χ1n) is 9.39. The van der Waals surface area contributed by atoms with Gasteiger partial charge < -0.3 is 9.64 Å². The summed E-state index contributed by atoms with van der Waals surface area (Å²) in [5.41, 5.74) is 1.28. The fourth-order valence-electron chi connectivity index (χ4n) is 4.40. The fraction of sp³-hybridized carbons (Fsp3) is 0.450. The molecule has 2 atom stereocenters. The van der Waals surface area contributed by atoms with Crippen LogP contribution in [0.5, 0.6) is 5.75 Å². The number of nitrogens with zero attached hydrogens (tertiary/aromatic N) is 3. The van der Waals surface area contributed by atoms with E-state index < -0.39 is 34.7 Å². The Bertz CT molecular complexity index is 993. The summed E-state index contributed by atoms with van der Waals surface area (Å²) in [6, 6.07) is 0.176. The molecule has 2 aliphatic heterocycles. The third-order valence-electron chi connectivity index (χ3n) is 5.94. The Morgan fingerprint density at radius 2 is 1.96 bits per heavy atom. The molecular formula is C20H18F3N3O2. The number of benzene rings is 1. The average molecular weight is 389 g/mol. The van der Waals surface area contributed by atoms with Crippen molar-refractivity contribution in [1.82, 2.24) is 14.9 Å². The van der Waals surface area contributed by atoms with Crippen LogP contribution < -0.4 is 4.74 Å². The third-order valence-corrected chi connectivity index (χ3v) is 5.94. The van der Waals surface area contributed by atoms with E-state index in [1.165, 1.54) is 0 Å². The van der Waals surface area contributed by atoms with E-state index in [1.807, 2.05) is 0 Å². The van der Waals surface area contributed by atoms with Crippen LogP contribution in [-0.4, -0.2) is 33.9 Å². The smallest absolute Gasteiger partial charge is 0.257 e. The molecule has 1 saturated carbocycles. The topological polar surface area (TPSA) is 55.3 Å². The van der Waals surface area contributed by atoms with E-state index in [9.17, 15) is 18.0 Å². The number of hydrogen-bond acceptors (Lipinski definition) is 4. The number of rotatable bonds is 3. The van der Waals surface area contributed by atoms with Crippen LogP contribution >= 0.6 is 0 Å². The van der Waals surface area contributed by atoms with E-state index >= 15 is 0 Å². The van der Waals surface area contributed by atoms with Gasteiger partial charge in [-0.1, -0.05) is 0 Å². The monoisotopic (exact) mass is 389 g/mol. The SMILES string of the molecule is COc1c(F)c(F)cc(C(=O)N2C3CCC2c2cnc(C4CC4)nc2C3)c1F. The second-order valence-electron chi connectivity index (χ2n) is 7.64. The zero-order chi connectivity index (χ0) is 19.6. The Morgan fingerprint density at radius 1 is 1.18 bits per heavy atom. The lowest BCUT2D eigenvalue weighted by Gasteiger charge is -2.36. The van der Waals surface area contributed by atoms with Gasteiger partial charge in [-0.25, -0.2) is 18.7 Å². The molecule has 2 fully saturated rings. The van der Waals surface area contributed by atoms with E-state index in [-0.39, 0.29) is 12.1 Å². The Balaban J connectivity index is 1.53. The number of halogens is 3. The number of aromatic nitrogens is 2. The molecule has 3 heterocycles. The molecule has 0 radical (unpaired) electrons. The van der Waals surface area contributed by atoms with Gasteiger partial charge in [-0.15, -0.1) is 0 Å². The summed E-state index contributed by atoms with van der Waals surface area (Å²) in [6.45, 7) is 0. The largest absolute Gasteiger partial charge is 0.491 e. The minimum absolute atomic E-state index is 0.148. The highest BCUT2D eigenvalue weighted by atomic mass is 19.2. The molecule has 5 rings (SSSR count). The van der Waals surface area contributed by atoms with E-state index in [0.717, 1.165) is 43.5 Å². The summed E-state index contributed by atoms with van der Waals surface area (Å²) in [4.78, 5) is 23.8. The molecule has 2 aromatic rings. The van der Waals surface area contributed by atoms with Crippen LogP contribution in [0.15, 0.2) is 12.3 Å². The number of amides is 1. The molecule has 1 aromatic heterocycles. The maximum Gasteiger partial charge on any atom is 0.257 e. The molecule has 146 valence electrons. The van der Waals surface area contributed by atoms with Gasteiger partial charge in [-0.05, 0) is 31.7 Å². The Hall–Kier alpha value is -2.64. The lowest BCUT2D eigenvalue weighted by atomic mass is 9.97. The van der Waals surface area contributed by atoms with Crippen LogP contribution in [0.3, 0.4) is 0 Å². The van der Waals surface area contributed by atoms with E-state index in [4.69, 9.17) is 4.98 Å². The number of methoxy groups -OCH3 is 1. The molecule has 1 saturated heterocycles. The summed E-state index contributed by atoms with van der Waals surface area (Å²) in [5.74, 6) is -4.20. The van der Waals surface area contributed by atoms with Crippen molar-refractivity contribution in [1.29, 1.82) is 0 Å². The third kappa shape index (κ3) is 2.50. The van der Waals surface area contributed by atoms with Gasteiger partial charge in [0, 0.05) is 30.1 Å². The Morgan fingerprint density at radius 3 is 2.68 bits per heavy atom. The predicted molar refractivity (Wildman–Crippen MR) is 92.5 cm³/mol. The maximum absolute atomic E-state index is 14.6. The van der Waals surface area contributed by atoms with Crippen LogP contribution in [-0.2, 0) is 6.42 Å². The number of carbonyl (C=O) groups excluding carboxylic acids is 1. The van der Waals surface area contributed by atoms with Crippen molar-refractivity contribution in [3.05, 3.63) is 52.4 Å². The molecule has 1 amide bonds. The van der Waals surface area contributed by atoms with Crippen molar-refractivity contribution in [2.75, 3.05) is 7.11 Å². The van der Waals surface area contributed by atoms with Gasteiger partial charge in [0.25, 0.3) is 5.91 Å². The number of fused-ring (bicyclic) bond motifs is 4. The number of carbonyl (C=O) groups is 1. The fourth-order valence-corrected chi connectivity index (χ4v) is 4.40. The quantitative estimate of drug-likeness (QED) is 0.752. The average Bonchev–Trinajstić information content (AvgIpc) is 3.48. The van der Waals surface area contributed by atoms with E-state index in [0.29, 0.717) is 24.8 Å². The Labute approximate surface area is 159 Å². The summed E-state index contributed by atoms with van der Waals surface area (Å²) in [6.07, 6.45) is 5.99. The lowest BCUT2D eigenvalue weighted by molar-refractivity contribution is 0.0637. The summed E-state index contributed by atoms with van der Waals surface area (Å²) >= 11 is 0. The molecule has 1 aromatic carbocycles. The predicted octanol–water partition coefficient (Wildman–Crippen LogP) is 3.68. The highest BCUT2D eigenvalue weighted by Crippen LogP contribution is 2.45. The van der Waals surface area contributed by atoms with E-state index in [2.05, 4.69) is 9.72 Å². The van der Waals surface area contributed by atoms with Crippen LogP contribution in [0.4, 0.5) is 13.2 Å². The minimum atomic E-state index is -1.44. The summed E-state index contributed by atoms with van der Waals surface area (Å²) < 4.78 is 46.9. The first kappa shape index (κ1) is 17.5. The summed E-state index contributed by atoms with van der Waals surface area (Å²) in [5, 5.41) is 0. The zero-order valence-electron chi connectivity index (χ0n) is 15.2. The standard InChI is InChI=1S/C20H18F3N3O2/c1-28-18-16(22)11(7-13(21)17(18)23)20(27)26-10-4-5-15(26)12-8-24-19(9-2-3-9)25-14(12)6-10/h7-10,15H,2-6H2,1H3. The molecule has 28 heavy (non-hydrogen) atoms. The van der Waals surface area contributed by atoms with Gasteiger partial charge in [0.05, 0.1) is 24.4 Å². The van der Waals surface area contributed by atoms with Crippen molar-refractivity contribution >= 4 is 5.91 Å². The van der Waals surface area contributed by atoms with Crippen molar-refractivity contribution in [2.24, 2.45) is 0 Å². The highest BCUT2D eigenvalue weighted by Gasteiger charge is 2.45. The van der Waals surface area contributed by atoms with Crippen molar-refractivity contribution < 1.29 is 22.7 Å². The second kappa shape index (κ2) is 6.18. The molecule has 0 spiro atoms. The van der Waals surface area contributed by atoms with E-state index in [1.54, 1.807) is 11.1 Å². The van der Waals surface area contributed by atoms with Gasteiger partial charge in [0.15, 0.2) is 17.4 Å². The molecule has 8 heteroatoms. The number of hydrogen-bond donors (Lipinski definition) is 0. The van der Waals surface area contributed by atoms with Gasteiger partial charge in [0.2, 0.25) is 5.82 Å². The van der Waals surface area contributed by atoms with Crippen LogP contribution in [0.2, 0.25) is 0 Å². The Kier molecular flexibility index (Phi) is 3.86. The normalized spacial score (nSPS) is 22.9. The van der Waals surface area contributed by atoms with Gasteiger partial charge >= 0.3 is 0 Å². The molecular weight excluding hydrogens is 371 g/mol. The van der Waals surface area contributed by atoms with Gasteiger partial charge in [-0.2, -0.15) is 4.39 Å². The molecule has 0 N–H and O–H groups in total. The van der Waals surface area contributed by atoms with Crippen molar-refractivity contribution in [2.45, 2.75) is 50.1 Å². The molecule has 1 aliphatic carbocycles. The zero-order valence-corrected chi connectivity index (χ0v) is 15.2. The number of ether oxygens (including phenoxy) is 1. The lowest BCUT2D eigenvalue weighted by Crippen LogP contribution is -2.42. The van der Waals surface area contributed by atoms with Crippen LogP contribution in [0.1, 0.15) is 65.1 Å². The molecule has 2 unspecified atom stereocenters. The first-order chi connectivity index (χ1) is 13.5. The maximum atomic E-state index is 14.6. The highest BCUT2D eigenvalue weighted by molar-refractivity contribution is 5.96. The van der Waals surface area contributed by atoms with Crippen LogP contribution in [0.25, 0.3) is 0 Å². The minimum Gasteiger partial charge on any atom is -0.491 e. The van der Waals surface area contributed by atoms with Crippen LogP contribution in [0, 0.1) is 17.5 Å². The summed E-state index contributed by atoms with van der Waals surface area (Å²) in [7, 11) is 1.03. The molecule has 5 nitrogen and oxygen atoms in total. The van der Waals surface area contributed by atoms with Gasteiger partial charge in [0.1, 0.15) is 5.82 Å². The van der Waals surface area contributed by atoms with Gasteiger partial charge in [-0.3, -0.25) is 4.79 Å². The first-order valence-corrected chi connectivity index (χ1v) is 9.39.